The number of aliphatic hydroxyl groups excluding tert-OH is 1. The zero-order valence-corrected chi connectivity index (χ0v) is 8.92. The third kappa shape index (κ3) is 3.65. The molecule has 1 aliphatic carbocycles. The molecule has 3 atom stereocenters. The van der Waals surface area contributed by atoms with Gasteiger partial charge in [0.05, 0.1) is 6.10 Å². The van der Waals surface area contributed by atoms with Crippen molar-refractivity contribution in [2.75, 3.05) is 6.54 Å². The fraction of sp³-hybridized carbons (Fsp3) is 1.00. The lowest BCUT2D eigenvalue weighted by Crippen LogP contribution is -2.41. The van der Waals surface area contributed by atoms with Crippen molar-refractivity contribution in [2.24, 2.45) is 5.92 Å². The van der Waals surface area contributed by atoms with Crippen molar-refractivity contribution in [1.82, 2.24) is 5.32 Å². The van der Waals surface area contributed by atoms with Crippen LogP contribution in [0.3, 0.4) is 0 Å². The fourth-order valence-electron chi connectivity index (χ4n) is 2.05. The summed E-state index contributed by atoms with van der Waals surface area (Å²) in [5.41, 5.74) is 0. The van der Waals surface area contributed by atoms with Gasteiger partial charge in [0.25, 0.3) is 0 Å². The summed E-state index contributed by atoms with van der Waals surface area (Å²) in [6.45, 7) is 5.11. The van der Waals surface area contributed by atoms with Crippen LogP contribution in [0.15, 0.2) is 0 Å². The van der Waals surface area contributed by atoms with Gasteiger partial charge in [-0.1, -0.05) is 26.7 Å². The van der Waals surface area contributed by atoms with Crippen LogP contribution in [0.2, 0.25) is 0 Å². The number of hydrogen-bond acceptors (Lipinski definition) is 2. The SMILES string of the molecule is CCC(O)CNC1CCCCC1C. The largest absolute Gasteiger partial charge is 0.392 e. The third-order valence-corrected chi connectivity index (χ3v) is 3.20. The molecule has 0 aromatic rings. The molecule has 1 saturated carbocycles. The average Bonchev–Trinajstić information content (AvgIpc) is 2.16. The molecule has 0 radical (unpaired) electrons. The van der Waals surface area contributed by atoms with E-state index in [1.165, 1.54) is 25.7 Å². The van der Waals surface area contributed by atoms with Gasteiger partial charge < -0.3 is 10.4 Å². The molecule has 3 unspecified atom stereocenters. The lowest BCUT2D eigenvalue weighted by Gasteiger charge is -2.30. The first-order valence-electron chi connectivity index (χ1n) is 5.65. The van der Waals surface area contributed by atoms with E-state index in [9.17, 15) is 5.11 Å². The van der Waals surface area contributed by atoms with Crippen LogP contribution in [0.4, 0.5) is 0 Å². The van der Waals surface area contributed by atoms with Crippen molar-refractivity contribution < 1.29 is 5.11 Å². The van der Waals surface area contributed by atoms with Crippen LogP contribution in [-0.2, 0) is 0 Å². The van der Waals surface area contributed by atoms with Gasteiger partial charge in [-0.2, -0.15) is 0 Å². The Hall–Kier alpha value is -0.0800. The highest BCUT2D eigenvalue weighted by atomic mass is 16.3. The third-order valence-electron chi connectivity index (χ3n) is 3.20. The molecule has 78 valence electrons. The maximum Gasteiger partial charge on any atom is 0.0662 e. The Morgan fingerprint density at radius 2 is 2.08 bits per heavy atom. The lowest BCUT2D eigenvalue weighted by molar-refractivity contribution is 0.152. The van der Waals surface area contributed by atoms with E-state index in [2.05, 4.69) is 12.2 Å². The van der Waals surface area contributed by atoms with Gasteiger partial charge in [0.1, 0.15) is 0 Å². The Morgan fingerprint density at radius 1 is 1.38 bits per heavy atom. The molecule has 0 bridgehead atoms. The summed E-state index contributed by atoms with van der Waals surface area (Å²) in [6, 6.07) is 0.648. The quantitative estimate of drug-likeness (QED) is 0.701. The van der Waals surface area contributed by atoms with Crippen LogP contribution in [0, 0.1) is 5.92 Å². The Labute approximate surface area is 81.7 Å². The lowest BCUT2D eigenvalue weighted by atomic mass is 9.86. The summed E-state index contributed by atoms with van der Waals surface area (Å²) in [6.07, 6.45) is 6.07. The highest BCUT2D eigenvalue weighted by Crippen LogP contribution is 2.23. The normalized spacial score (nSPS) is 31.6. The molecule has 0 spiro atoms. The summed E-state index contributed by atoms with van der Waals surface area (Å²) in [5.74, 6) is 0.790. The summed E-state index contributed by atoms with van der Waals surface area (Å²) < 4.78 is 0. The monoisotopic (exact) mass is 185 g/mol. The van der Waals surface area contributed by atoms with Crippen LogP contribution in [0.1, 0.15) is 46.0 Å². The molecule has 1 rings (SSSR count). The van der Waals surface area contributed by atoms with Gasteiger partial charge in [0.15, 0.2) is 0 Å². The van der Waals surface area contributed by atoms with Crippen LogP contribution in [0.25, 0.3) is 0 Å². The van der Waals surface area contributed by atoms with E-state index in [4.69, 9.17) is 0 Å². The number of rotatable bonds is 4. The molecule has 2 heteroatoms. The first-order valence-corrected chi connectivity index (χ1v) is 5.65. The summed E-state index contributed by atoms with van der Waals surface area (Å²) in [7, 11) is 0. The number of aliphatic hydroxyl groups is 1. The number of nitrogens with one attached hydrogen (secondary N) is 1. The van der Waals surface area contributed by atoms with E-state index in [0.717, 1.165) is 18.9 Å². The van der Waals surface area contributed by atoms with Gasteiger partial charge in [0, 0.05) is 12.6 Å². The summed E-state index contributed by atoms with van der Waals surface area (Å²) >= 11 is 0. The molecule has 0 heterocycles. The smallest absolute Gasteiger partial charge is 0.0662 e. The second-order valence-electron chi connectivity index (χ2n) is 4.34. The first-order chi connectivity index (χ1) is 6.24. The topological polar surface area (TPSA) is 32.3 Å². The standard InChI is InChI=1S/C11H23NO/c1-3-10(13)8-12-11-7-5-4-6-9(11)2/h9-13H,3-8H2,1-2H3. The van der Waals surface area contributed by atoms with E-state index in [1.807, 2.05) is 6.92 Å². The van der Waals surface area contributed by atoms with Gasteiger partial charge in [0.2, 0.25) is 0 Å². The summed E-state index contributed by atoms with van der Waals surface area (Å²) in [4.78, 5) is 0. The number of hydrogen-bond donors (Lipinski definition) is 2. The van der Waals surface area contributed by atoms with E-state index < -0.39 is 0 Å². The molecular weight excluding hydrogens is 162 g/mol. The predicted molar refractivity (Wildman–Crippen MR) is 55.7 cm³/mol. The zero-order valence-electron chi connectivity index (χ0n) is 8.92. The highest BCUT2D eigenvalue weighted by molar-refractivity contribution is 4.78. The van der Waals surface area contributed by atoms with Crippen molar-refractivity contribution in [3.05, 3.63) is 0 Å². The highest BCUT2D eigenvalue weighted by Gasteiger charge is 2.20. The zero-order chi connectivity index (χ0) is 9.68. The van der Waals surface area contributed by atoms with Gasteiger partial charge in [-0.05, 0) is 25.2 Å². The summed E-state index contributed by atoms with van der Waals surface area (Å²) in [5, 5.41) is 12.9. The molecule has 2 nitrogen and oxygen atoms in total. The maximum atomic E-state index is 9.41. The molecule has 0 aromatic carbocycles. The Bertz CT molecular complexity index is 138. The van der Waals surface area contributed by atoms with Gasteiger partial charge in [-0.25, -0.2) is 0 Å². The Morgan fingerprint density at radius 3 is 2.69 bits per heavy atom. The molecule has 13 heavy (non-hydrogen) atoms. The van der Waals surface area contributed by atoms with E-state index in [-0.39, 0.29) is 6.10 Å². The molecule has 0 amide bonds. The van der Waals surface area contributed by atoms with Crippen molar-refractivity contribution in [1.29, 1.82) is 0 Å². The first kappa shape index (κ1) is 11.0. The second kappa shape index (κ2) is 5.61. The minimum Gasteiger partial charge on any atom is -0.392 e. The van der Waals surface area contributed by atoms with E-state index in [1.54, 1.807) is 0 Å². The minimum atomic E-state index is -0.158. The molecule has 1 aliphatic rings. The van der Waals surface area contributed by atoms with Crippen LogP contribution in [0.5, 0.6) is 0 Å². The van der Waals surface area contributed by atoms with Crippen molar-refractivity contribution >= 4 is 0 Å². The van der Waals surface area contributed by atoms with Crippen molar-refractivity contribution in [2.45, 2.75) is 58.1 Å². The van der Waals surface area contributed by atoms with Gasteiger partial charge in [-0.3, -0.25) is 0 Å². The van der Waals surface area contributed by atoms with Crippen molar-refractivity contribution in [3.8, 4) is 0 Å². The Kier molecular flexibility index (Phi) is 4.74. The van der Waals surface area contributed by atoms with Gasteiger partial charge >= 0.3 is 0 Å². The Balaban J connectivity index is 2.18. The van der Waals surface area contributed by atoms with Gasteiger partial charge in [-0.15, -0.1) is 0 Å². The predicted octanol–water partition coefficient (Wildman–Crippen LogP) is 1.93. The molecule has 0 aromatic heterocycles. The van der Waals surface area contributed by atoms with E-state index >= 15 is 0 Å². The molecule has 0 aliphatic heterocycles. The van der Waals surface area contributed by atoms with Crippen LogP contribution < -0.4 is 5.32 Å². The maximum absolute atomic E-state index is 9.41. The molecule has 1 fully saturated rings. The fourth-order valence-corrected chi connectivity index (χ4v) is 2.05. The van der Waals surface area contributed by atoms with E-state index in [0.29, 0.717) is 6.04 Å². The minimum absolute atomic E-state index is 0.158. The van der Waals surface area contributed by atoms with Crippen molar-refractivity contribution in [3.63, 3.8) is 0 Å². The van der Waals surface area contributed by atoms with Crippen LogP contribution >= 0.6 is 0 Å². The second-order valence-corrected chi connectivity index (χ2v) is 4.34. The molecule has 2 N–H and O–H groups in total. The molecule has 0 saturated heterocycles. The molecular formula is C11H23NO. The van der Waals surface area contributed by atoms with Crippen LogP contribution in [-0.4, -0.2) is 23.8 Å². The average molecular weight is 185 g/mol.